The van der Waals surface area contributed by atoms with Gasteiger partial charge in [-0.2, -0.15) is 0 Å². The summed E-state index contributed by atoms with van der Waals surface area (Å²) in [4.78, 5) is 22.2. The molecule has 0 radical (unpaired) electrons. The lowest BCUT2D eigenvalue weighted by Gasteiger charge is -2.24. The zero-order chi connectivity index (χ0) is 16.9. The predicted molar refractivity (Wildman–Crippen MR) is 70.1 cm³/mol. The van der Waals surface area contributed by atoms with Gasteiger partial charge in [0.05, 0.1) is 12.2 Å². The monoisotopic (exact) mass is 316 g/mol. The van der Waals surface area contributed by atoms with Crippen molar-refractivity contribution in [1.29, 1.82) is 0 Å². The summed E-state index contributed by atoms with van der Waals surface area (Å²) in [6.45, 7) is -0.878. The second-order valence-electron chi connectivity index (χ2n) is 4.43. The van der Waals surface area contributed by atoms with Gasteiger partial charge in [-0.05, 0) is 24.3 Å². The summed E-state index contributed by atoms with van der Waals surface area (Å²) in [6.07, 6.45) is -7.95. The smallest absolute Gasteiger partial charge is 0.343 e. The van der Waals surface area contributed by atoms with Gasteiger partial charge in [-0.3, -0.25) is 0 Å². The van der Waals surface area contributed by atoms with E-state index >= 15 is 0 Å². The lowest BCUT2D eigenvalue weighted by Crippen LogP contribution is -2.49. The van der Waals surface area contributed by atoms with Crippen LogP contribution in [0.1, 0.15) is 10.4 Å². The van der Waals surface area contributed by atoms with Crippen LogP contribution in [0.5, 0.6) is 5.75 Å². The molecule has 0 heterocycles. The number of aromatic carboxylic acids is 1. The van der Waals surface area contributed by atoms with Crippen LogP contribution in [-0.4, -0.2) is 73.6 Å². The van der Waals surface area contributed by atoms with Crippen molar-refractivity contribution in [2.45, 2.75) is 24.4 Å². The van der Waals surface area contributed by atoms with Gasteiger partial charge in [-0.1, -0.05) is 0 Å². The Labute approximate surface area is 124 Å². The number of benzene rings is 1. The Balaban J connectivity index is 2.69. The lowest BCUT2D eigenvalue weighted by atomic mass is 10.0. The van der Waals surface area contributed by atoms with E-state index in [1.807, 2.05) is 0 Å². The van der Waals surface area contributed by atoms with Gasteiger partial charge in [0.1, 0.15) is 24.1 Å². The molecular formula is C13H16O9. The first-order valence-electron chi connectivity index (χ1n) is 6.16. The molecule has 0 spiro atoms. The molecule has 0 aliphatic carbocycles. The minimum atomic E-state index is -2.17. The highest BCUT2D eigenvalue weighted by Crippen LogP contribution is 2.14. The van der Waals surface area contributed by atoms with Crippen LogP contribution in [0.3, 0.4) is 0 Å². The zero-order valence-electron chi connectivity index (χ0n) is 11.2. The van der Waals surface area contributed by atoms with Crippen molar-refractivity contribution in [2.24, 2.45) is 0 Å². The molecule has 1 aromatic rings. The predicted octanol–water partition coefficient (Wildman–Crippen LogP) is -2.27. The summed E-state index contributed by atoms with van der Waals surface area (Å²) in [5.74, 6) is -2.58. The van der Waals surface area contributed by atoms with Crippen LogP contribution in [0, 0.1) is 0 Å². The van der Waals surface area contributed by atoms with E-state index in [0.717, 1.165) is 12.1 Å². The molecule has 0 fully saturated rings. The molecule has 9 nitrogen and oxygen atoms in total. The van der Waals surface area contributed by atoms with Crippen LogP contribution < -0.4 is 4.74 Å². The number of carbonyl (C=O) groups is 2. The molecule has 1 aromatic carbocycles. The van der Waals surface area contributed by atoms with Gasteiger partial charge in [0.2, 0.25) is 0 Å². The van der Waals surface area contributed by atoms with E-state index < -0.39 is 43.0 Å². The van der Waals surface area contributed by atoms with E-state index in [2.05, 4.69) is 0 Å². The largest absolute Gasteiger partial charge is 0.478 e. The molecular weight excluding hydrogens is 300 g/mol. The van der Waals surface area contributed by atoms with E-state index in [-0.39, 0.29) is 11.3 Å². The number of hydrogen-bond donors (Lipinski definition) is 6. The van der Waals surface area contributed by atoms with Crippen LogP contribution in [0.25, 0.3) is 0 Å². The van der Waals surface area contributed by atoms with Gasteiger partial charge in [0, 0.05) is 0 Å². The number of aliphatic hydroxyl groups is 5. The molecule has 0 bridgehead atoms. The maximum Gasteiger partial charge on any atom is 0.343 e. The van der Waals surface area contributed by atoms with Crippen molar-refractivity contribution >= 4 is 11.9 Å². The zero-order valence-corrected chi connectivity index (χ0v) is 11.2. The lowest BCUT2D eigenvalue weighted by molar-refractivity contribution is -0.161. The molecule has 22 heavy (non-hydrogen) atoms. The van der Waals surface area contributed by atoms with E-state index in [4.69, 9.17) is 20.1 Å². The summed E-state index contributed by atoms with van der Waals surface area (Å²) in [6, 6.07) is 4.66. The molecule has 1 rings (SSSR count). The van der Waals surface area contributed by atoms with Gasteiger partial charge in [0.15, 0.2) is 6.10 Å². The van der Waals surface area contributed by atoms with Gasteiger partial charge in [-0.15, -0.1) is 0 Å². The van der Waals surface area contributed by atoms with Crippen LogP contribution >= 0.6 is 0 Å². The maximum atomic E-state index is 11.6. The number of esters is 1. The van der Waals surface area contributed by atoms with Gasteiger partial charge in [-0.25, -0.2) is 9.59 Å². The van der Waals surface area contributed by atoms with Crippen molar-refractivity contribution in [1.82, 2.24) is 0 Å². The Hall–Kier alpha value is -2.04. The number of carbonyl (C=O) groups excluding carboxylic acids is 1. The highest BCUT2D eigenvalue weighted by Gasteiger charge is 2.35. The number of rotatable bonds is 7. The first-order valence-corrected chi connectivity index (χ1v) is 6.16. The minimum Gasteiger partial charge on any atom is -0.478 e. The Bertz CT molecular complexity index is 513. The minimum absolute atomic E-state index is 0.0399. The molecule has 0 amide bonds. The molecule has 0 unspecified atom stereocenters. The van der Waals surface area contributed by atoms with Crippen LogP contribution in [0.4, 0.5) is 0 Å². The fourth-order valence-electron chi connectivity index (χ4n) is 1.50. The van der Waals surface area contributed by atoms with Gasteiger partial charge < -0.3 is 35.4 Å². The molecule has 0 aliphatic heterocycles. The average molecular weight is 316 g/mol. The Morgan fingerprint density at radius 2 is 1.55 bits per heavy atom. The van der Waals surface area contributed by atoms with Crippen LogP contribution in [-0.2, 0) is 4.79 Å². The summed E-state index contributed by atoms with van der Waals surface area (Å²) in [5, 5.41) is 54.9. The van der Waals surface area contributed by atoms with Crippen molar-refractivity contribution in [3.8, 4) is 5.75 Å². The van der Waals surface area contributed by atoms with Crippen molar-refractivity contribution in [3.63, 3.8) is 0 Å². The molecule has 122 valence electrons. The number of hydrogen-bond acceptors (Lipinski definition) is 8. The third-order valence-electron chi connectivity index (χ3n) is 2.82. The van der Waals surface area contributed by atoms with Gasteiger partial charge in [0.25, 0.3) is 0 Å². The fourth-order valence-corrected chi connectivity index (χ4v) is 1.50. The molecule has 6 N–H and O–H groups in total. The Kier molecular flexibility index (Phi) is 6.40. The maximum absolute atomic E-state index is 11.6. The quantitative estimate of drug-likeness (QED) is 0.240. The molecule has 9 heteroatoms. The summed E-state index contributed by atoms with van der Waals surface area (Å²) >= 11 is 0. The summed E-state index contributed by atoms with van der Waals surface area (Å²) in [7, 11) is 0. The van der Waals surface area contributed by atoms with Crippen LogP contribution in [0.15, 0.2) is 24.3 Å². The van der Waals surface area contributed by atoms with E-state index in [9.17, 15) is 24.9 Å². The number of carboxylic acids is 1. The Morgan fingerprint density at radius 3 is 2.00 bits per heavy atom. The second kappa shape index (κ2) is 7.82. The number of aliphatic hydroxyl groups excluding tert-OH is 5. The third-order valence-corrected chi connectivity index (χ3v) is 2.82. The first-order chi connectivity index (χ1) is 10.3. The molecule has 4 atom stereocenters. The molecule has 0 aromatic heterocycles. The first kappa shape index (κ1) is 18.0. The normalized spacial score (nSPS) is 16.4. The topological polar surface area (TPSA) is 165 Å². The van der Waals surface area contributed by atoms with E-state index in [1.54, 1.807) is 0 Å². The van der Waals surface area contributed by atoms with Crippen molar-refractivity contribution in [3.05, 3.63) is 29.8 Å². The standard InChI is InChI=1S/C13H16O9/c14-5-8(15)9(16)10(17)11(18)13(21)22-7-3-1-6(2-4-7)12(19)20/h1-4,8-11,14-18H,5H2,(H,19,20)/t8-,9-,10+,11-/m1/s1. The Morgan fingerprint density at radius 1 is 1.00 bits per heavy atom. The van der Waals surface area contributed by atoms with Gasteiger partial charge >= 0.3 is 11.9 Å². The van der Waals surface area contributed by atoms with Crippen LogP contribution in [0.2, 0.25) is 0 Å². The molecule has 0 saturated heterocycles. The molecule has 0 aliphatic rings. The molecule has 0 saturated carbocycles. The van der Waals surface area contributed by atoms with E-state index in [1.165, 1.54) is 12.1 Å². The van der Waals surface area contributed by atoms with Crippen molar-refractivity contribution < 1.29 is 45.0 Å². The number of ether oxygens (including phenoxy) is 1. The van der Waals surface area contributed by atoms with E-state index in [0.29, 0.717) is 0 Å². The highest BCUT2D eigenvalue weighted by atomic mass is 16.6. The second-order valence-corrected chi connectivity index (χ2v) is 4.43. The number of carboxylic acid groups (broad SMARTS) is 1. The summed E-state index contributed by atoms with van der Waals surface area (Å²) in [5.41, 5.74) is -0.0399. The fraction of sp³-hybridized carbons (Fsp3) is 0.385. The highest BCUT2D eigenvalue weighted by molar-refractivity contribution is 5.87. The average Bonchev–Trinajstić information content (AvgIpc) is 2.52. The summed E-state index contributed by atoms with van der Waals surface area (Å²) < 4.78 is 4.70. The van der Waals surface area contributed by atoms with Crippen molar-refractivity contribution in [2.75, 3.05) is 6.61 Å². The third kappa shape index (κ3) is 4.48. The SMILES string of the molecule is O=C(O)c1ccc(OC(=O)[C@H](O)[C@@H](O)[C@H](O)[C@H](O)CO)cc1.